The lowest BCUT2D eigenvalue weighted by molar-refractivity contribution is -0.141. The molecule has 188 valence electrons. The molecule has 1 aliphatic rings. The zero-order valence-electron chi connectivity index (χ0n) is 21.0. The van der Waals surface area contributed by atoms with Gasteiger partial charge >= 0.3 is 12.1 Å². The van der Waals surface area contributed by atoms with Crippen molar-refractivity contribution in [2.75, 3.05) is 7.11 Å². The van der Waals surface area contributed by atoms with Crippen molar-refractivity contribution >= 4 is 12.1 Å². The van der Waals surface area contributed by atoms with Gasteiger partial charge in [-0.15, -0.1) is 0 Å². The molecule has 0 aromatic heterocycles. The molecule has 5 nitrogen and oxygen atoms in total. The van der Waals surface area contributed by atoms with E-state index in [2.05, 4.69) is 24.3 Å². The van der Waals surface area contributed by atoms with Gasteiger partial charge in [0, 0.05) is 19.0 Å². The van der Waals surface area contributed by atoms with Crippen LogP contribution in [0.4, 0.5) is 4.79 Å². The second-order valence-electron chi connectivity index (χ2n) is 9.61. The van der Waals surface area contributed by atoms with Crippen LogP contribution in [0.15, 0.2) is 91.0 Å². The first-order valence-electron chi connectivity index (χ1n) is 12.7. The van der Waals surface area contributed by atoms with Crippen LogP contribution < -0.4 is 0 Å². The Morgan fingerprint density at radius 1 is 0.833 bits per heavy atom. The van der Waals surface area contributed by atoms with Gasteiger partial charge in [-0.3, -0.25) is 4.79 Å². The van der Waals surface area contributed by atoms with E-state index in [-0.39, 0.29) is 30.1 Å². The van der Waals surface area contributed by atoms with E-state index in [0.717, 1.165) is 43.2 Å². The zero-order chi connectivity index (χ0) is 25.2. The fraction of sp³-hybridized carbons (Fsp3) is 0.355. The van der Waals surface area contributed by atoms with Gasteiger partial charge in [-0.1, -0.05) is 91.0 Å². The number of rotatable bonds is 9. The molecule has 0 spiro atoms. The third kappa shape index (κ3) is 6.54. The van der Waals surface area contributed by atoms with Crippen molar-refractivity contribution in [3.8, 4) is 0 Å². The SMILES string of the molecule is COC(=O)CC[C@]1(c2ccccc2)CC[C@H](N(Cc2ccccc2)C(=O)OCc2ccccc2)CC1. The van der Waals surface area contributed by atoms with Gasteiger partial charge in [0.05, 0.1) is 7.11 Å². The maximum atomic E-state index is 13.3. The summed E-state index contributed by atoms with van der Waals surface area (Å²) in [4.78, 5) is 27.2. The number of esters is 1. The van der Waals surface area contributed by atoms with Crippen molar-refractivity contribution < 1.29 is 19.1 Å². The van der Waals surface area contributed by atoms with Crippen LogP contribution in [0.2, 0.25) is 0 Å². The first-order chi connectivity index (χ1) is 17.6. The number of carbonyl (C=O) groups excluding carboxylic acids is 2. The largest absolute Gasteiger partial charge is 0.469 e. The molecule has 36 heavy (non-hydrogen) atoms. The number of hydrogen-bond acceptors (Lipinski definition) is 4. The predicted molar refractivity (Wildman–Crippen MR) is 140 cm³/mol. The molecule has 4 rings (SSSR count). The third-order valence-corrected chi connectivity index (χ3v) is 7.41. The Bertz CT molecular complexity index is 1090. The maximum absolute atomic E-state index is 13.3. The fourth-order valence-electron chi connectivity index (χ4n) is 5.31. The molecule has 0 saturated heterocycles. The zero-order valence-corrected chi connectivity index (χ0v) is 21.0. The highest BCUT2D eigenvalue weighted by Crippen LogP contribution is 2.44. The lowest BCUT2D eigenvalue weighted by Crippen LogP contribution is -2.45. The number of carbonyl (C=O) groups is 2. The average Bonchev–Trinajstić information content (AvgIpc) is 2.95. The van der Waals surface area contributed by atoms with E-state index >= 15 is 0 Å². The van der Waals surface area contributed by atoms with Crippen LogP contribution in [0.1, 0.15) is 55.2 Å². The summed E-state index contributed by atoms with van der Waals surface area (Å²) in [6.07, 6.45) is 4.35. The molecule has 0 aliphatic heterocycles. The number of hydrogen-bond donors (Lipinski definition) is 0. The lowest BCUT2D eigenvalue weighted by Gasteiger charge is -2.44. The van der Waals surface area contributed by atoms with Gasteiger partial charge in [0.15, 0.2) is 0 Å². The van der Waals surface area contributed by atoms with E-state index in [1.165, 1.54) is 12.7 Å². The second kappa shape index (κ2) is 12.4. The maximum Gasteiger partial charge on any atom is 0.410 e. The minimum absolute atomic E-state index is 0.0726. The quantitative estimate of drug-likeness (QED) is 0.318. The van der Waals surface area contributed by atoms with Gasteiger partial charge in [-0.05, 0) is 54.2 Å². The summed E-state index contributed by atoms with van der Waals surface area (Å²) in [6.45, 7) is 0.768. The van der Waals surface area contributed by atoms with E-state index < -0.39 is 0 Å². The molecular weight excluding hydrogens is 450 g/mol. The number of methoxy groups -OCH3 is 1. The molecule has 3 aromatic rings. The van der Waals surface area contributed by atoms with Gasteiger partial charge in [0.2, 0.25) is 0 Å². The fourth-order valence-corrected chi connectivity index (χ4v) is 5.31. The molecule has 1 fully saturated rings. The molecule has 0 unspecified atom stereocenters. The van der Waals surface area contributed by atoms with Crippen molar-refractivity contribution in [3.05, 3.63) is 108 Å². The molecule has 0 N–H and O–H groups in total. The van der Waals surface area contributed by atoms with E-state index in [1.54, 1.807) is 0 Å². The minimum Gasteiger partial charge on any atom is -0.469 e. The minimum atomic E-state index is -0.283. The first kappa shape index (κ1) is 25.5. The molecule has 1 saturated carbocycles. The van der Waals surface area contributed by atoms with E-state index in [0.29, 0.717) is 13.0 Å². The van der Waals surface area contributed by atoms with Crippen molar-refractivity contribution in [3.63, 3.8) is 0 Å². The van der Waals surface area contributed by atoms with Crippen LogP contribution in [0.25, 0.3) is 0 Å². The Balaban J connectivity index is 1.50. The number of benzene rings is 3. The summed E-state index contributed by atoms with van der Waals surface area (Å²) in [7, 11) is 1.44. The molecule has 1 amide bonds. The van der Waals surface area contributed by atoms with Crippen LogP contribution in [-0.2, 0) is 32.8 Å². The number of nitrogens with zero attached hydrogens (tertiary/aromatic N) is 1. The molecule has 0 heterocycles. The highest BCUT2D eigenvalue weighted by molar-refractivity contribution is 5.69. The Morgan fingerprint density at radius 2 is 1.39 bits per heavy atom. The van der Waals surface area contributed by atoms with E-state index in [4.69, 9.17) is 9.47 Å². The monoisotopic (exact) mass is 485 g/mol. The summed E-state index contributed by atoms with van der Waals surface area (Å²) in [6, 6.07) is 30.4. The van der Waals surface area contributed by atoms with Crippen LogP contribution in [0.3, 0.4) is 0 Å². The van der Waals surface area contributed by atoms with Crippen LogP contribution in [-0.4, -0.2) is 30.1 Å². The molecule has 5 heteroatoms. The van der Waals surface area contributed by atoms with Gasteiger partial charge in [-0.25, -0.2) is 4.79 Å². The third-order valence-electron chi connectivity index (χ3n) is 7.41. The summed E-state index contributed by atoms with van der Waals surface area (Å²) >= 11 is 0. The molecule has 3 aromatic carbocycles. The van der Waals surface area contributed by atoms with Crippen molar-refractivity contribution in [1.29, 1.82) is 0 Å². The summed E-state index contributed by atoms with van der Waals surface area (Å²) < 4.78 is 10.7. The highest BCUT2D eigenvalue weighted by Gasteiger charge is 2.40. The van der Waals surface area contributed by atoms with Gasteiger partial charge in [-0.2, -0.15) is 0 Å². The van der Waals surface area contributed by atoms with E-state index in [1.807, 2.05) is 71.6 Å². The predicted octanol–water partition coefficient (Wildman–Crippen LogP) is 6.66. The topological polar surface area (TPSA) is 55.8 Å². The van der Waals surface area contributed by atoms with Crippen LogP contribution >= 0.6 is 0 Å². The molecule has 0 atom stereocenters. The van der Waals surface area contributed by atoms with Crippen molar-refractivity contribution in [1.82, 2.24) is 4.90 Å². The smallest absolute Gasteiger partial charge is 0.410 e. The van der Waals surface area contributed by atoms with Gasteiger partial charge in [0.1, 0.15) is 6.61 Å². The van der Waals surface area contributed by atoms with Crippen molar-refractivity contribution in [2.24, 2.45) is 0 Å². The van der Waals surface area contributed by atoms with Crippen LogP contribution in [0, 0.1) is 0 Å². The Kier molecular flexibility index (Phi) is 8.77. The number of ether oxygens (including phenoxy) is 2. The second-order valence-corrected chi connectivity index (χ2v) is 9.61. The van der Waals surface area contributed by atoms with Gasteiger partial charge < -0.3 is 14.4 Å². The van der Waals surface area contributed by atoms with Gasteiger partial charge in [0.25, 0.3) is 0 Å². The normalized spacial score (nSPS) is 19.3. The van der Waals surface area contributed by atoms with E-state index in [9.17, 15) is 9.59 Å². The standard InChI is InChI=1S/C31H35NO4/c1-35-29(33)19-22-31(27-15-9-4-10-16-27)20-17-28(18-21-31)32(23-25-11-5-2-6-12-25)30(34)36-24-26-13-7-3-8-14-26/h2-16,28H,17-24H2,1H3/t28-,31-. The molecule has 0 bridgehead atoms. The highest BCUT2D eigenvalue weighted by atomic mass is 16.6. The summed E-state index contributed by atoms with van der Waals surface area (Å²) in [5, 5.41) is 0. The Labute approximate surface area is 214 Å². The summed E-state index contributed by atoms with van der Waals surface area (Å²) in [5.41, 5.74) is 3.21. The first-order valence-corrected chi connectivity index (χ1v) is 12.7. The lowest BCUT2D eigenvalue weighted by atomic mass is 9.65. The molecule has 1 aliphatic carbocycles. The molecule has 0 radical (unpaired) electrons. The average molecular weight is 486 g/mol. The number of amides is 1. The Hall–Kier alpha value is -3.60. The van der Waals surface area contributed by atoms with Crippen molar-refractivity contribution in [2.45, 2.75) is 63.1 Å². The van der Waals surface area contributed by atoms with Crippen LogP contribution in [0.5, 0.6) is 0 Å². The summed E-state index contributed by atoms with van der Waals surface area (Å²) in [5.74, 6) is -0.178. The Morgan fingerprint density at radius 3 is 1.97 bits per heavy atom. The molecular formula is C31H35NO4.